The molecule has 1 saturated heterocycles. The minimum absolute atomic E-state index is 0.121. The summed E-state index contributed by atoms with van der Waals surface area (Å²) in [6.45, 7) is 2.78. The molecule has 98 valence electrons. The largest absolute Gasteiger partial charge is 0.417 e. The zero-order valence-corrected chi connectivity index (χ0v) is 9.59. The minimum atomic E-state index is -4.33. The van der Waals surface area contributed by atoms with Gasteiger partial charge in [-0.1, -0.05) is 0 Å². The molecule has 0 aliphatic carbocycles. The number of hydrogen-bond donors (Lipinski definition) is 2. The first-order valence-electron chi connectivity index (χ1n) is 5.82. The molecule has 3 rings (SSSR count). The van der Waals surface area contributed by atoms with E-state index in [9.17, 15) is 13.2 Å². The van der Waals surface area contributed by atoms with Crippen molar-refractivity contribution in [2.24, 2.45) is 0 Å². The molecule has 2 aliphatic heterocycles. The summed E-state index contributed by atoms with van der Waals surface area (Å²) in [6, 6.07) is 1.19. The second-order valence-corrected chi connectivity index (χ2v) is 4.50. The van der Waals surface area contributed by atoms with Crippen LogP contribution in [0.4, 0.5) is 19.0 Å². The number of nitrogens with one attached hydrogen (secondary N) is 2. The molecule has 0 saturated carbocycles. The summed E-state index contributed by atoms with van der Waals surface area (Å²) in [4.78, 5) is 6.03. The molecule has 2 N–H and O–H groups in total. The number of anilines is 1. The summed E-state index contributed by atoms with van der Waals surface area (Å²) in [5, 5.41) is 6.45. The van der Waals surface area contributed by atoms with Crippen LogP contribution in [0.25, 0.3) is 0 Å². The molecule has 1 fully saturated rings. The highest BCUT2D eigenvalue weighted by molar-refractivity contribution is 5.51. The van der Waals surface area contributed by atoms with Crippen molar-refractivity contribution in [1.29, 1.82) is 0 Å². The first-order valence-corrected chi connectivity index (χ1v) is 5.82. The summed E-state index contributed by atoms with van der Waals surface area (Å²) in [5.74, 6) is 0.674. The molecule has 1 aromatic rings. The number of hydrogen-bond acceptors (Lipinski definition) is 4. The second-order valence-electron chi connectivity index (χ2n) is 4.50. The smallest absolute Gasteiger partial charge is 0.338 e. The zero-order valence-electron chi connectivity index (χ0n) is 9.59. The van der Waals surface area contributed by atoms with Crippen molar-refractivity contribution in [1.82, 2.24) is 15.6 Å². The van der Waals surface area contributed by atoms with Crippen LogP contribution in [0.2, 0.25) is 0 Å². The summed E-state index contributed by atoms with van der Waals surface area (Å²) >= 11 is 0. The van der Waals surface area contributed by atoms with Crippen molar-refractivity contribution in [2.45, 2.75) is 18.9 Å². The zero-order chi connectivity index (χ0) is 12.8. The number of rotatable bonds is 0. The van der Waals surface area contributed by atoms with Gasteiger partial charge in [-0.05, 0) is 6.07 Å². The number of aromatic nitrogens is 1. The van der Waals surface area contributed by atoms with Gasteiger partial charge in [0.1, 0.15) is 5.82 Å². The van der Waals surface area contributed by atoms with E-state index >= 15 is 0 Å². The van der Waals surface area contributed by atoms with Gasteiger partial charge in [0.25, 0.3) is 0 Å². The lowest BCUT2D eigenvalue weighted by Crippen LogP contribution is -2.60. The van der Waals surface area contributed by atoms with Crippen LogP contribution in [0.1, 0.15) is 11.1 Å². The van der Waals surface area contributed by atoms with E-state index in [4.69, 9.17) is 0 Å². The summed E-state index contributed by atoms with van der Waals surface area (Å²) in [6.07, 6.45) is -3.29. The normalized spacial score (nSPS) is 23.5. The Morgan fingerprint density at radius 1 is 1.39 bits per heavy atom. The third kappa shape index (κ3) is 1.93. The second kappa shape index (κ2) is 4.10. The average Bonchev–Trinajstić information content (AvgIpc) is 2.37. The number of pyridine rings is 1. The van der Waals surface area contributed by atoms with E-state index in [1.165, 1.54) is 6.07 Å². The van der Waals surface area contributed by atoms with Crippen LogP contribution in [0.15, 0.2) is 12.3 Å². The van der Waals surface area contributed by atoms with Crippen molar-refractivity contribution in [3.05, 3.63) is 23.4 Å². The van der Waals surface area contributed by atoms with Gasteiger partial charge in [0.05, 0.1) is 11.7 Å². The van der Waals surface area contributed by atoms with E-state index in [1.807, 2.05) is 4.90 Å². The summed E-state index contributed by atoms with van der Waals surface area (Å²) < 4.78 is 37.8. The third-order valence-electron chi connectivity index (χ3n) is 3.31. The lowest BCUT2D eigenvalue weighted by Gasteiger charge is -2.42. The van der Waals surface area contributed by atoms with Gasteiger partial charge in [0.15, 0.2) is 0 Å². The van der Waals surface area contributed by atoms with Gasteiger partial charge in [0, 0.05) is 37.9 Å². The fourth-order valence-electron chi connectivity index (χ4n) is 2.41. The molecule has 0 bridgehead atoms. The fourth-order valence-corrected chi connectivity index (χ4v) is 2.41. The van der Waals surface area contributed by atoms with Crippen LogP contribution in [0, 0.1) is 0 Å². The molecule has 0 radical (unpaired) electrons. The third-order valence-corrected chi connectivity index (χ3v) is 3.31. The molecule has 1 aromatic heterocycles. The predicted octanol–water partition coefficient (Wildman–Crippen LogP) is 0.939. The van der Waals surface area contributed by atoms with Gasteiger partial charge in [-0.2, -0.15) is 13.2 Å². The van der Waals surface area contributed by atoms with Crippen molar-refractivity contribution >= 4 is 5.82 Å². The Kier molecular flexibility index (Phi) is 2.67. The molecule has 2 aliphatic rings. The molecule has 0 spiro atoms. The Hall–Kier alpha value is -1.34. The van der Waals surface area contributed by atoms with Crippen LogP contribution < -0.4 is 15.5 Å². The van der Waals surface area contributed by atoms with Crippen LogP contribution in [0.3, 0.4) is 0 Å². The van der Waals surface area contributed by atoms with Gasteiger partial charge >= 0.3 is 6.18 Å². The van der Waals surface area contributed by atoms with Crippen LogP contribution in [-0.4, -0.2) is 30.8 Å². The molecule has 0 amide bonds. The SMILES string of the molecule is FC(F)(F)c1cnc2c(c1)CN[C@@H]1CNCCN21. The van der Waals surface area contributed by atoms with Crippen molar-refractivity contribution in [3.8, 4) is 0 Å². The van der Waals surface area contributed by atoms with Gasteiger partial charge in [-0.25, -0.2) is 4.98 Å². The Morgan fingerprint density at radius 2 is 2.22 bits per heavy atom. The first-order chi connectivity index (χ1) is 8.55. The van der Waals surface area contributed by atoms with E-state index in [-0.39, 0.29) is 6.17 Å². The molecule has 3 heterocycles. The van der Waals surface area contributed by atoms with Crippen molar-refractivity contribution in [2.75, 3.05) is 24.5 Å². The highest BCUT2D eigenvalue weighted by atomic mass is 19.4. The topological polar surface area (TPSA) is 40.2 Å². The molecule has 7 heteroatoms. The number of halogens is 3. The number of piperazine rings is 1. The monoisotopic (exact) mass is 258 g/mol. The Balaban J connectivity index is 1.96. The maximum absolute atomic E-state index is 12.6. The standard InChI is InChI=1S/C11H13F3N4/c12-11(13,14)8-3-7-4-16-9-6-15-1-2-18(9)10(7)17-5-8/h3,5,9,15-16H,1-2,4,6H2/t9-/m0/s1. The van der Waals surface area contributed by atoms with Gasteiger partial charge in [-0.15, -0.1) is 0 Å². The Bertz CT molecular complexity index is 460. The van der Waals surface area contributed by atoms with E-state index < -0.39 is 11.7 Å². The Labute approximate surface area is 102 Å². The van der Waals surface area contributed by atoms with Gasteiger partial charge in [-0.3, -0.25) is 5.32 Å². The molecule has 18 heavy (non-hydrogen) atoms. The molecule has 0 aromatic carbocycles. The van der Waals surface area contributed by atoms with E-state index in [0.717, 1.165) is 25.8 Å². The number of fused-ring (bicyclic) bond motifs is 3. The van der Waals surface area contributed by atoms with Crippen LogP contribution in [0.5, 0.6) is 0 Å². The van der Waals surface area contributed by atoms with Crippen molar-refractivity contribution in [3.63, 3.8) is 0 Å². The highest BCUT2D eigenvalue weighted by Crippen LogP contribution is 2.33. The fraction of sp³-hybridized carbons (Fsp3) is 0.545. The summed E-state index contributed by atoms with van der Waals surface area (Å²) in [7, 11) is 0. The first kappa shape index (κ1) is 11.7. The minimum Gasteiger partial charge on any atom is -0.338 e. The number of nitrogens with zero attached hydrogens (tertiary/aromatic N) is 2. The molecule has 1 atom stereocenters. The van der Waals surface area contributed by atoms with E-state index in [1.54, 1.807) is 0 Å². The molecular weight excluding hydrogens is 245 g/mol. The Morgan fingerprint density at radius 3 is 3.00 bits per heavy atom. The van der Waals surface area contributed by atoms with Gasteiger partial charge in [0.2, 0.25) is 0 Å². The van der Waals surface area contributed by atoms with Gasteiger partial charge < -0.3 is 10.2 Å². The lowest BCUT2D eigenvalue weighted by molar-refractivity contribution is -0.137. The van der Waals surface area contributed by atoms with Crippen LogP contribution in [-0.2, 0) is 12.7 Å². The van der Waals surface area contributed by atoms with Crippen molar-refractivity contribution < 1.29 is 13.2 Å². The number of alkyl halides is 3. The summed E-state index contributed by atoms with van der Waals surface area (Å²) in [5.41, 5.74) is -0.0698. The molecular formula is C11H13F3N4. The maximum atomic E-state index is 12.6. The predicted molar refractivity (Wildman–Crippen MR) is 60.1 cm³/mol. The highest BCUT2D eigenvalue weighted by Gasteiger charge is 2.34. The van der Waals surface area contributed by atoms with E-state index in [0.29, 0.717) is 17.9 Å². The quantitative estimate of drug-likeness (QED) is 0.726. The lowest BCUT2D eigenvalue weighted by atomic mass is 10.1. The maximum Gasteiger partial charge on any atom is 0.417 e. The van der Waals surface area contributed by atoms with E-state index in [2.05, 4.69) is 15.6 Å². The molecule has 4 nitrogen and oxygen atoms in total. The molecule has 0 unspecified atom stereocenters. The average molecular weight is 258 g/mol. The van der Waals surface area contributed by atoms with Crippen LogP contribution >= 0.6 is 0 Å².